The van der Waals surface area contributed by atoms with Crippen molar-refractivity contribution in [2.45, 2.75) is 19.3 Å². The molecule has 0 bridgehead atoms. The molecule has 2 rings (SSSR count). The van der Waals surface area contributed by atoms with Crippen LogP contribution in [0.3, 0.4) is 0 Å². The maximum atomic E-state index is 11.8. The van der Waals surface area contributed by atoms with Gasteiger partial charge in [-0.25, -0.2) is 10.2 Å². The van der Waals surface area contributed by atoms with E-state index in [0.29, 0.717) is 12.3 Å². The molecular formula is C17H23N3O4. The molecular weight excluding hydrogens is 310 g/mol. The van der Waals surface area contributed by atoms with Gasteiger partial charge in [0.25, 0.3) is 5.91 Å². The highest BCUT2D eigenvalue weighted by Crippen LogP contribution is 2.11. The van der Waals surface area contributed by atoms with Gasteiger partial charge >= 0.3 is 5.97 Å². The van der Waals surface area contributed by atoms with Gasteiger partial charge in [0.1, 0.15) is 5.75 Å². The molecule has 1 saturated heterocycles. The third kappa shape index (κ3) is 6.37. The summed E-state index contributed by atoms with van der Waals surface area (Å²) >= 11 is 0. The first-order chi connectivity index (χ1) is 11.7. The van der Waals surface area contributed by atoms with Crippen molar-refractivity contribution in [3.8, 4) is 5.75 Å². The number of ether oxygens (including phenoxy) is 2. The lowest BCUT2D eigenvalue weighted by Crippen LogP contribution is -2.38. The van der Waals surface area contributed by atoms with Gasteiger partial charge in [-0.05, 0) is 55.8 Å². The number of nitrogens with one attached hydrogen (secondary N) is 1. The summed E-state index contributed by atoms with van der Waals surface area (Å²) in [5, 5.41) is 3.96. The first kappa shape index (κ1) is 17.9. The van der Waals surface area contributed by atoms with Crippen LogP contribution >= 0.6 is 0 Å². The Bertz CT molecular complexity index is 566. The van der Waals surface area contributed by atoms with Gasteiger partial charge < -0.3 is 9.47 Å². The molecule has 0 spiro atoms. The van der Waals surface area contributed by atoms with E-state index in [1.807, 2.05) is 0 Å². The molecule has 0 unspecified atom stereocenters. The Morgan fingerprint density at radius 1 is 1.21 bits per heavy atom. The molecule has 0 atom stereocenters. The number of piperidine rings is 1. The van der Waals surface area contributed by atoms with Crippen molar-refractivity contribution in [1.82, 2.24) is 10.3 Å². The molecule has 0 aromatic heterocycles. The van der Waals surface area contributed by atoms with Crippen LogP contribution in [0.5, 0.6) is 5.75 Å². The largest absolute Gasteiger partial charge is 0.482 e. The Balaban J connectivity index is 1.73. The fourth-order valence-electron chi connectivity index (χ4n) is 2.39. The lowest BCUT2D eigenvalue weighted by Gasteiger charge is -2.25. The number of rotatable bonds is 7. The summed E-state index contributed by atoms with van der Waals surface area (Å²) in [4.78, 5) is 24.9. The molecule has 0 radical (unpaired) electrons. The second-order valence-electron chi connectivity index (χ2n) is 5.56. The molecule has 7 nitrogen and oxygen atoms in total. The van der Waals surface area contributed by atoms with E-state index in [9.17, 15) is 9.59 Å². The predicted octanol–water partition coefficient (Wildman–Crippen LogP) is 1.17. The maximum absolute atomic E-state index is 11.8. The Labute approximate surface area is 141 Å². The Kier molecular flexibility index (Phi) is 7.22. The number of amides is 1. The van der Waals surface area contributed by atoms with Gasteiger partial charge in [0.2, 0.25) is 0 Å². The molecule has 1 aromatic rings. The number of carbonyl (C=O) groups is 2. The van der Waals surface area contributed by atoms with Crippen molar-refractivity contribution in [1.29, 1.82) is 0 Å². The normalized spacial score (nSPS) is 15.2. The summed E-state index contributed by atoms with van der Waals surface area (Å²) in [6.07, 6.45) is 5.12. The second kappa shape index (κ2) is 9.67. The standard InChI is InChI=1S/C17H23N3O4/c1-23-17(22)13-24-15-7-5-14(6-8-15)11-18-19-16(21)12-20-9-3-2-4-10-20/h5-8,11H,2-4,9-10,12-13H2,1H3,(H,19,21)/b18-11+. The van der Waals surface area contributed by atoms with Gasteiger partial charge in [0.05, 0.1) is 19.9 Å². The van der Waals surface area contributed by atoms with Gasteiger partial charge in [-0.15, -0.1) is 0 Å². The number of esters is 1. The Morgan fingerprint density at radius 3 is 2.58 bits per heavy atom. The molecule has 1 heterocycles. The minimum Gasteiger partial charge on any atom is -0.482 e. The molecule has 0 aliphatic carbocycles. The van der Waals surface area contributed by atoms with Gasteiger partial charge in [-0.2, -0.15) is 5.10 Å². The van der Waals surface area contributed by atoms with Crippen LogP contribution in [0, 0.1) is 0 Å². The fourth-order valence-corrected chi connectivity index (χ4v) is 2.39. The summed E-state index contributed by atoms with van der Waals surface area (Å²) in [6.45, 7) is 2.21. The molecule has 7 heteroatoms. The van der Waals surface area contributed by atoms with Crippen molar-refractivity contribution in [2.24, 2.45) is 5.10 Å². The van der Waals surface area contributed by atoms with Crippen molar-refractivity contribution in [2.75, 3.05) is 33.4 Å². The van der Waals surface area contributed by atoms with Crippen LogP contribution in [0.2, 0.25) is 0 Å². The van der Waals surface area contributed by atoms with Crippen LogP contribution in [-0.2, 0) is 14.3 Å². The van der Waals surface area contributed by atoms with Crippen LogP contribution in [0.1, 0.15) is 24.8 Å². The SMILES string of the molecule is COC(=O)COc1ccc(/C=N/NC(=O)CN2CCCCC2)cc1. The zero-order chi connectivity index (χ0) is 17.2. The molecule has 0 saturated carbocycles. The quantitative estimate of drug-likeness (QED) is 0.460. The molecule has 24 heavy (non-hydrogen) atoms. The average molecular weight is 333 g/mol. The fraction of sp³-hybridized carbons (Fsp3) is 0.471. The van der Waals surface area contributed by atoms with Crippen LogP contribution in [0.4, 0.5) is 0 Å². The van der Waals surface area contributed by atoms with E-state index in [1.165, 1.54) is 13.5 Å². The number of carbonyl (C=O) groups excluding carboxylic acids is 2. The van der Waals surface area contributed by atoms with Gasteiger partial charge in [-0.3, -0.25) is 9.69 Å². The summed E-state index contributed by atoms with van der Waals surface area (Å²) in [6, 6.07) is 7.01. The molecule has 1 fully saturated rings. The highest BCUT2D eigenvalue weighted by atomic mass is 16.6. The summed E-state index contributed by atoms with van der Waals surface area (Å²) in [5.41, 5.74) is 3.36. The van der Waals surface area contributed by atoms with Crippen molar-refractivity contribution < 1.29 is 19.1 Å². The molecule has 1 aromatic carbocycles. The van der Waals surface area contributed by atoms with Gasteiger partial charge in [-0.1, -0.05) is 6.42 Å². The number of hydrogen-bond acceptors (Lipinski definition) is 6. The van der Waals surface area contributed by atoms with E-state index in [1.54, 1.807) is 30.5 Å². The van der Waals surface area contributed by atoms with Gasteiger partial charge in [0, 0.05) is 0 Å². The summed E-state index contributed by atoms with van der Waals surface area (Å²) in [7, 11) is 1.31. The zero-order valence-corrected chi connectivity index (χ0v) is 13.9. The Morgan fingerprint density at radius 2 is 1.92 bits per heavy atom. The third-order valence-electron chi connectivity index (χ3n) is 3.68. The summed E-state index contributed by atoms with van der Waals surface area (Å²) < 4.78 is 9.74. The number of nitrogens with zero attached hydrogens (tertiary/aromatic N) is 2. The summed E-state index contributed by atoms with van der Waals surface area (Å²) in [5.74, 6) is 0.0231. The first-order valence-corrected chi connectivity index (χ1v) is 8.01. The highest BCUT2D eigenvalue weighted by Gasteiger charge is 2.13. The molecule has 1 amide bonds. The number of methoxy groups -OCH3 is 1. The number of hydrogen-bond donors (Lipinski definition) is 1. The van der Waals surface area contributed by atoms with Crippen LogP contribution in [0.25, 0.3) is 0 Å². The van der Waals surface area contributed by atoms with Crippen LogP contribution in [0.15, 0.2) is 29.4 Å². The van der Waals surface area contributed by atoms with Crippen molar-refractivity contribution in [3.63, 3.8) is 0 Å². The monoisotopic (exact) mass is 333 g/mol. The van der Waals surface area contributed by atoms with E-state index in [2.05, 4.69) is 20.2 Å². The Hall–Kier alpha value is -2.41. The number of hydrazone groups is 1. The van der Waals surface area contributed by atoms with Gasteiger partial charge in [0.15, 0.2) is 6.61 Å². The zero-order valence-electron chi connectivity index (χ0n) is 13.9. The minimum absolute atomic E-state index is 0.105. The average Bonchev–Trinajstić information content (AvgIpc) is 2.61. The van der Waals surface area contributed by atoms with E-state index < -0.39 is 5.97 Å². The van der Waals surface area contributed by atoms with E-state index in [4.69, 9.17) is 4.74 Å². The molecule has 1 aliphatic heterocycles. The van der Waals surface area contributed by atoms with Crippen molar-refractivity contribution in [3.05, 3.63) is 29.8 Å². The van der Waals surface area contributed by atoms with Crippen LogP contribution in [-0.4, -0.2) is 56.3 Å². The smallest absolute Gasteiger partial charge is 0.343 e. The number of likely N-dealkylation sites (tertiary alicyclic amines) is 1. The molecule has 1 aliphatic rings. The topological polar surface area (TPSA) is 80.2 Å². The van der Waals surface area contributed by atoms with E-state index >= 15 is 0 Å². The van der Waals surface area contributed by atoms with E-state index in [0.717, 1.165) is 31.5 Å². The third-order valence-corrected chi connectivity index (χ3v) is 3.68. The lowest BCUT2D eigenvalue weighted by molar-refractivity contribution is -0.142. The molecule has 130 valence electrons. The predicted molar refractivity (Wildman–Crippen MR) is 90.0 cm³/mol. The highest BCUT2D eigenvalue weighted by molar-refractivity contribution is 5.83. The molecule has 1 N–H and O–H groups in total. The number of benzene rings is 1. The lowest BCUT2D eigenvalue weighted by atomic mass is 10.1. The van der Waals surface area contributed by atoms with E-state index in [-0.39, 0.29) is 12.5 Å². The second-order valence-corrected chi connectivity index (χ2v) is 5.56. The van der Waals surface area contributed by atoms with Crippen LogP contribution < -0.4 is 10.2 Å². The minimum atomic E-state index is -0.433. The first-order valence-electron chi connectivity index (χ1n) is 8.01. The maximum Gasteiger partial charge on any atom is 0.343 e. The van der Waals surface area contributed by atoms with Crippen molar-refractivity contribution >= 4 is 18.1 Å².